The van der Waals surface area contributed by atoms with Crippen LogP contribution in [0, 0.1) is 75.9 Å². The third-order valence-electron chi connectivity index (χ3n) is 17.1. The second-order valence-corrected chi connectivity index (χ2v) is 26.3. The Morgan fingerprint density at radius 3 is 1.79 bits per heavy atom. The Hall–Kier alpha value is 1.42. The van der Waals surface area contributed by atoms with Crippen molar-refractivity contribution in [2.45, 2.75) is 252 Å². The van der Waals surface area contributed by atoms with Crippen molar-refractivity contribution >= 4 is 45.2 Å². The number of aliphatic hydroxyl groups is 1. The number of unbranched alkanes of at least 4 members (excludes halogenated alkanes) is 2. The minimum absolute atomic E-state index is 0.0902. The van der Waals surface area contributed by atoms with Crippen molar-refractivity contribution in [2.24, 2.45) is 75.9 Å². The normalized spacial score (nSPS) is 30.9. The Labute approximate surface area is 379 Å². The van der Waals surface area contributed by atoms with E-state index in [-0.39, 0.29) is 6.10 Å². The SMILES string of the molecule is CCC(C)C(CCC1CCC(CC(C)C[C@@H](CC(C)CC2(C3CCC(I)CC3)CC2)CC(C)(C)C)CC1)CCC(C)C(O)CC1CCC(CCCCCI)CC1. The molecule has 4 aliphatic carbocycles. The maximum atomic E-state index is 11.3. The van der Waals surface area contributed by atoms with Crippen molar-refractivity contribution in [1.82, 2.24) is 0 Å². The maximum Gasteiger partial charge on any atom is 0.0568 e. The van der Waals surface area contributed by atoms with Crippen molar-refractivity contribution in [1.29, 1.82) is 0 Å². The molecule has 0 saturated heterocycles. The highest BCUT2D eigenvalue weighted by molar-refractivity contribution is 14.1. The summed E-state index contributed by atoms with van der Waals surface area (Å²) in [7, 11) is 0. The van der Waals surface area contributed by atoms with Gasteiger partial charge in [-0.25, -0.2) is 0 Å². The summed E-state index contributed by atoms with van der Waals surface area (Å²) in [6.07, 6.45) is 41.5. The van der Waals surface area contributed by atoms with Gasteiger partial charge in [0.15, 0.2) is 0 Å². The molecule has 0 aromatic heterocycles. The summed E-state index contributed by atoms with van der Waals surface area (Å²) in [5.74, 6) is 9.54. The summed E-state index contributed by atoms with van der Waals surface area (Å²) < 4.78 is 2.27. The lowest BCUT2D eigenvalue weighted by molar-refractivity contribution is 0.0679. The summed E-state index contributed by atoms with van der Waals surface area (Å²) in [6, 6.07) is 0. The Morgan fingerprint density at radius 1 is 0.643 bits per heavy atom. The monoisotopic (exact) mass is 1000 g/mol. The minimum atomic E-state index is -0.0902. The highest BCUT2D eigenvalue weighted by Gasteiger charge is 2.50. The van der Waals surface area contributed by atoms with Gasteiger partial charge < -0.3 is 5.11 Å². The fourth-order valence-corrected chi connectivity index (χ4v) is 14.5. The summed E-state index contributed by atoms with van der Waals surface area (Å²) in [5, 5.41) is 11.3. The molecule has 1 N–H and O–H groups in total. The van der Waals surface area contributed by atoms with E-state index in [0.717, 1.165) is 74.9 Å². The number of halogens is 2. The van der Waals surface area contributed by atoms with Crippen LogP contribution in [0.2, 0.25) is 0 Å². The Kier molecular flexibility index (Phi) is 22.8. The number of hydrogen-bond donors (Lipinski definition) is 1. The lowest BCUT2D eigenvalue weighted by atomic mass is 9.70. The molecular formula is C53H98I2O. The van der Waals surface area contributed by atoms with E-state index >= 15 is 0 Å². The molecule has 4 rings (SSSR count). The second kappa shape index (κ2) is 25.5. The van der Waals surface area contributed by atoms with Gasteiger partial charge in [-0.2, -0.15) is 0 Å². The molecule has 0 bridgehead atoms. The van der Waals surface area contributed by atoms with Crippen LogP contribution in [0.5, 0.6) is 0 Å². The number of aliphatic hydroxyl groups excluding tert-OH is 1. The molecule has 0 spiro atoms. The zero-order valence-electron chi connectivity index (χ0n) is 38.9. The second-order valence-electron chi connectivity index (χ2n) is 23.5. The predicted molar refractivity (Wildman–Crippen MR) is 265 cm³/mol. The highest BCUT2D eigenvalue weighted by Crippen LogP contribution is 2.61. The van der Waals surface area contributed by atoms with E-state index in [1.54, 1.807) is 12.8 Å². The van der Waals surface area contributed by atoms with Gasteiger partial charge in [-0.1, -0.05) is 184 Å². The van der Waals surface area contributed by atoms with Crippen LogP contribution in [0.15, 0.2) is 0 Å². The van der Waals surface area contributed by atoms with Gasteiger partial charge in [0.25, 0.3) is 0 Å². The van der Waals surface area contributed by atoms with Crippen molar-refractivity contribution < 1.29 is 5.11 Å². The van der Waals surface area contributed by atoms with Gasteiger partial charge in [-0.3, -0.25) is 0 Å². The number of rotatable bonds is 26. The summed E-state index contributed by atoms with van der Waals surface area (Å²) >= 11 is 5.24. The molecule has 4 saturated carbocycles. The molecular weight excluding hydrogens is 906 g/mol. The van der Waals surface area contributed by atoms with Crippen LogP contribution < -0.4 is 0 Å². The molecule has 0 amide bonds. The van der Waals surface area contributed by atoms with Gasteiger partial charge in [-0.15, -0.1) is 0 Å². The average Bonchev–Trinajstić information content (AvgIpc) is 3.93. The molecule has 1 nitrogen and oxygen atoms in total. The first-order valence-electron chi connectivity index (χ1n) is 25.6. The molecule has 56 heavy (non-hydrogen) atoms. The quantitative estimate of drug-likeness (QED) is 0.0520. The van der Waals surface area contributed by atoms with E-state index < -0.39 is 0 Å². The smallest absolute Gasteiger partial charge is 0.0568 e. The van der Waals surface area contributed by atoms with Gasteiger partial charge in [-0.05, 0) is 183 Å². The van der Waals surface area contributed by atoms with Gasteiger partial charge in [0, 0.05) is 3.92 Å². The minimum Gasteiger partial charge on any atom is -0.393 e. The van der Waals surface area contributed by atoms with Crippen molar-refractivity contribution in [3.8, 4) is 0 Å². The zero-order valence-corrected chi connectivity index (χ0v) is 43.2. The first kappa shape index (κ1) is 50.1. The average molecular weight is 1010 g/mol. The first-order valence-corrected chi connectivity index (χ1v) is 28.3. The van der Waals surface area contributed by atoms with Crippen LogP contribution >= 0.6 is 45.2 Å². The van der Waals surface area contributed by atoms with Gasteiger partial charge in [0.1, 0.15) is 0 Å². The lowest BCUT2D eigenvalue weighted by Crippen LogP contribution is -2.26. The van der Waals surface area contributed by atoms with E-state index in [1.807, 2.05) is 0 Å². The van der Waals surface area contributed by atoms with E-state index in [9.17, 15) is 5.11 Å². The highest BCUT2D eigenvalue weighted by atomic mass is 127. The molecule has 0 radical (unpaired) electrons. The van der Waals surface area contributed by atoms with Gasteiger partial charge in [0.05, 0.1) is 6.10 Å². The lowest BCUT2D eigenvalue weighted by Gasteiger charge is -2.36. The Balaban J connectivity index is 1.13. The van der Waals surface area contributed by atoms with Crippen molar-refractivity contribution in [2.75, 3.05) is 4.43 Å². The van der Waals surface area contributed by atoms with Crippen molar-refractivity contribution in [3.63, 3.8) is 0 Å². The molecule has 6 unspecified atom stereocenters. The fourth-order valence-electron chi connectivity index (χ4n) is 13.3. The third kappa shape index (κ3) is 18.4. The molecule has 330 valence electrons. The molecule has 4 aliphatic rings. The standard InChI is InChI=1S/C53H98I2O/c1-9-41(4)48(24-14-42(5)51(56)36-46-21-15-43(16-22-46)13-11-10-12-32-54)25-23-44-17-19-45(20-18-44)33-39(2)34-47(38-52(6,7)8)35-40(3)37-53(30-31-53)49-26-28-50(55)29-27-49/h39-51,56H,9-38H2,1-8H3/t39?,40?,41?,42?,43?,44?,45?,46?,47-,48?,49?,50?,51?/m0/s1. The molecule has 4 fully saturated rings. The number of hydrogen-bond acceptors (Lipinski definition) is 1. The van der Waals surface area contributed by atoms with Crippen LogP contribution in [0.3, 0.4) is 0 Å². The molecule has 0 aromatic carbocycles. The largest absolute Gasteiger partial charge is 0.393 e. The van der Waals surface area contributed by atoms with Crippen molar-refractivity contribution in [3.05, 3.63) is 0 Å². The van der Waals surface area contributed by atoms with Gasteiger partial charge in [0.2, 0.25) is 0 Å². The fraction of sp³-hybridized carbons (Fsp3) is 1.00. The molecule has 0 aliphatic heterocycles. The zero-order chi connectivity index (χ0) is 40.7. The Bertz CT molecular complexity index is 1010. The number of alkyl halides is 2. The maximum absolute atomic E-state index is 11.3. The van der Waals surface area contributed by atoms with E-state index in [1.165, 1.54) is 171 Å². The van der Waals surface area contributed by atoms with Crippen LogP contribution in [0.1, 0.15) is 242 Å². The summed E-state index contributed by atoms with van der Waals surface area (Å²) in [5.41, 5.74) is 1.18. The van der Waals surface area contributed by atoms with E-state index in [0.29, 0.717) is 11.3 Å². The summed E-state index contributed by atoms with van der Waals surface area (Å²) in [4.78, 5) is 0. The third-order valence-corrected chi connectivity index (χ3v) is 19.1. The topological polar surface area (TPSA) is 20.2 Å². The van der Waals surface area contributed by atoms with Crippen LogP contribution in [-0.4, -0.2) is 19.6 Å². The van der Waals surface area contributed by atoms with Gasteiger partial charge >= 0.3 is 0 Å². The molecule has 7 atom stereocenters. The molecule has 0 heterocycles. The van der Waals surface area contributed by atoms with Crippen LogP contribution in [0.25, 0.3) is 0 Å². The summed E-state index contributed by atoms with van der Waals surface area (Å²) in [6.45, 7) is 20.1. The van der Waals surface area contributed by atoms with Crippen LogP contribution in [-0.2, 0) is 0 Å². The van der Waals surface area contributed by atoms with E-state index in [4.69, 9.17) is 0 Å². The predicted octanol–water partition coefficient (Wildman–Crippen LogP) is 17.9. The molecule has 3 heteroatoms. The van der Waals surface area contributed by atoms with E-state index in [2.05, 4.69) is 101 Å². The van der Waals surface area contributed by atoms with Crippen LogP contribution in [0.4, 0.5) is 0 Å². The Morgan fingerprint density at radius 2 is 1.21 bits per heavy atom. The first-order chi connectivity index (χ1) is 26.7. The molecule has 0 aromatic rings.